The Labute approximate surface area is 172 Å². The molecule has 2 amide bonds. The lowest BCUT2D eigenvalue weighted by molar-refractivity contribution is -0.116. The second-order valence-corrected chi connectivity index (χ2v) is 7.52. The number of nitrogens with one attached hydrogen (secondary N) is 2. The lowest BCUT2D eigenvalue weighted by Crippen LogP contribution is -2.46. The topological polar surface area (TPSA) is 64.7 Å². The van der Waals surface area contributed by atoms with Crippen LogP contribution in [0.2, 0.25) is 0 Å². The van der Waals surface area contributed by atoms with E-state index in [0.717, 1.165) is 55.2 Å². The summed E-state index contributed by atoms with van der Waals surface area (Å²) in [5, 5.41) is 5.74. The Balaban J connectivity index is 1.57. The summed E-state index contributed by atoms with van der Waals surface area (Å²) in [6, 6.07) is 13.6. The van der Waals surface area contributed by atoms with Gasteiger partial charge in [-0.3, -0.25) is 9.59 Å². The first-order valence-electron chi connectivity index (χ1n) is 10.2. The molecule has 0 aromatic heterocycles. The zero-order chi connectivity index (χ0) is 20.8. The highest BCUT2D eigenvalue weighted by Crippen LogP contribution is 2.24. The van der Waals surface area contributed by atoms with E-state index >= 15 is 0 Å². The summed E-state index contributed by atoms with van der Waals surface area (Å²) in [5.74, 6) is -0.161. The SMILES string of the molecule is CCN1CCN(c2ccc(NC(=O)Cc3ccc(NC(C)=O)cc3)c(C)c2)CC1. The van der Waals surface area contributed by atoms with Crippen LogP contribution in [0.15, 0.2) is 42.5 Å². The maximum absolute atomic E-state index is 12.5. The zero-order valence-electron chi connectivity index (χ0n) is 17.5. The van der Waals surface area contributed by atoms with Gasteiger partial charge < -0.3 is 20.4 Å². The van der Waals surface area contributed by atoms with E-state index in [4.69, 9.17) is 0 Å². The van der Waals surface area contributed by atoms with Gasteiger partial charge in [0.1, 0.15) is 0 Å². The minimum absolute atomic E-state index is 0.0512. The third-order valence-electron chi connectivity index (χ3n) is 5.31. The first-order chi connectivity index (χ1) is 13.9. The van der Waals surface area contributed by atoms with Gasteiger partial charge in [-0.05, 0) is 54.9 Å². The van der Waals surface area contributed by atoms with Crippen molar-refractivity contribution >= 4 is 28.9 Å². The van der Waals surface area contributed by atoms with Crippen molar-refractivity contribution < 1.29 is 9.59 Å². The maximum atomic E-state index is 12.5. The standard InChI is InChI=1S/C23H30N4O2/c1-4-26-11-13-27(14-12-26)21-9-10-22(17(2)15-21)25-23(29)16-19-5-7-20(8-6-19)24-18(3)28/h5-10,15H,4,11-14,16H2,1-3H3,(H,24,28)(H,25,29). The van der Waals surface area contributed by atoms with Gasteiger partial charge in [-0.25, -0.2) is 0 Å². The van der Waals surface area contributed by atoms with Gasteiger partial charge >= 0.3 is 0 Å². The van der Waals surface area contributed by atoms with Crippen molar-refractivity contribution in [2.24, 2.45) is 0 Å². The lowest BCUT2D eigenvalue weighted by Gasteiger charge is -2.35. The van der Waals surface area contributed by atoms with E-state index in [1.54, 1.807) is 0 Å². The third-order valence-corrected chi connectivity index (χ3v) is 5.31. The number of hydrogen-bond acceptors (Lipinski definition) is 4. The van der Waals surface area contributed by atoms with E-state index < -0.39 is 0 Å². The molecule has 3 rings (SSSR count). The highest BCUT2D eigenvalue weighted by molar-refractivity contribution is 5.93. The molecule has 0 saturated carbocycles. The molecule has 2 aromatic rings. The van der Waals surface area contributed by atoms with Gasteiger partial charge in [0.25, 0.3) is 0 Å². The molecule has 0 radical (unpaired) electrons. The van der Waals surface area contributed by atoms with Gasteiger partial charge in [0.15, 0.2) is 0 Å². The van der Waals surface area contributed by atoms with Crippen molar-refractivity contribution in [3.63, 3.8) is 0 Å². The second kappa shape index (κ2) is 9.56. The smallest absolute Gasteiger partial charge is 0.228 e. The van der Waals surface area contributed by atoms with E-state index in [2.05, 4.69) is 39.5 Å². The number of aryl methyl sites for hydroxylation is 1. The summed E-state index contributed by atoms with van der Waals surface area (Å²) in [6.45, 7) is 11.1. The molecule has 1 heterocycles. The van der Waals surface area contributed by atoms with Crippen LogP contribution in [0.3, 0.4) is 0 Å². The number of hydrogen-bond donors (Lipinski definition) is 2. The van der Waals surface area contributed by atoms with Crippen LogP contribution in [0.25, 0.3) is 0 Å². The summed E-state index contributed by atoms with van der Waals surface area (Å²) in [7, 11) is 0. The number of piperazine rings is 1. The van der Waals surface area contributed by atoms with E-state index in [9.17, 15) is 9.59 Å². The predicted molar refractivity (Wildman–Crippen MR) is 119 cm³/mol. The number of benzene rings is 2. The summed E-state index contributed by atoms with van der Waals surface area (Å²) in [6.07, 6.45) is 0.292. The molecule has 1 aliphatic rings. The van der Waals surface area contributed by atoms with E-state index in [1.807, 2.05) is 37.3 Å². The molecule has 6 heteroatoms. The van der Waals surface area contributed by atoms with Crippen LogP contribution in [0, 0.1) is 6.92 Å². The lowest BCUT2D eigenvalue weighted by atomic mass is 10.1. The van der Waals surface area contributed by atoms with Crippen LogP contribution < -0.4 is 15.5 Å². The first kappa shape index (κ1) is 20.9. The van der Waals surface area contributed by atoms with Crippen LogP contribution in [0.1, 0.15) is 25.0 Å². The maximum Gasteiger partial charge on any atom is 0.228 e. The largest absolute Gasteiger partial charge is 0.369 e. The summed E-state index contributed by atoms with van der Waals surface area (Å²) in [5.41, 5.74) is 4.76. The molecule has 2 aromatic carbocycles. The van der Waals surface area contributed by atoms with Crippen LogP contribution in [-0.2, 0) is 16.0 Å². The van der Waals surface area contributed by atoms with Crippen LogP contribution in [0.5, 0.6) is 0 Å². The van der Waals surface area contributed by atoms with Crippen molar-refractivity contribution in [1.29, 1.82) is 0 Å². The number of rotatable bonds is 6. The molecule has 6 nitrogen and oxygen atoms in total. The van der Waals surface area contributed by atoms with Crippen molar-refractivity contribution in [2.75, 3.05) is 48.3 Å². The van der Waals surface area contributed by atoms with Crippen LogP contribution in [-0.4, -0.2) is 49.4 Å². The van der Waals surface area contributed by atoms with E-state index in [0.29, 0.717) is 6.42 Å². The number of anilines is 3. The Morgan fingerprint density at radius 1 is 0.966 bits per heavy atom. The molecule has 0 unspecified atom stereocenters. The fourth-order valence-electron chi connectivity index (χ4n) is 3.60. The number of carbonyl (C=O) groups is 2. The van der Waals surface area contributed by atoms with E-state index in [-0.39, 0.29) is 11.8 Å². The van der Waals surface area contributed by atoms with Gasteiger partial charge in [-0.15, -0.1) is 0 Å². The molecule has 0 spiro atoms. The Morgan fingerprint density at radius 3 is 2.24 bits per heavy atom. The van der Waals surface area contributed by atoms with Gasteiger partial charge in [0.05, 0.1) is 6.42 Å². The van der Waals surface area contributed by atoms with Crippen molar-refractivity contribution in [3.8, 4) is 0 Å². The third kappa shape index (κ3) is 5.81. The van der Waals surface area contributed by atoms with Crippen LogP contribution >= 0.6 is 0 Å². The molecule has 1 fully saturated rings. The average Bonchev–Trinajstić information content (AvgIpc) is 2.71. The Hall–Kier alpha value is -2.86. The molecular formula is C23H30N4O2. The number of carbonyl (C=O) groups excluding carboxylic acids is 2. The zero-order valence-corrected chi connectivity index (χ0v) is 17.5. The van der Waals surface area contributed by atoms with Gasteiger partial charge in [0.2, 0.25) is 11.8 Å². The van der Waals surface area contributed by atoms with Crippen molar-refractivity contribution in [2.45, 2.75) is 27.2 Å². The summed E-state index contributed by atoms with van der Waals surface area (Å²) in [4.78, 5) is 28.4. The highest BCUT2D eigenvalue weighted by atomic mass is 16.2. The minimum atomic E-state index is -0.110. The molecule has 2 N–H and O–H groups in total. The second-order valence-electron chi connectivity index (χ2n) is 7.52. The monoisotopic (exact) mass is 394 g/mol. The molecule has 1 aliphatic heterocycles. The molecule has 29 heavy (non-hydrogen) atoms. The number of likely N-dealkylation sites (N-methyl/N-ethyl adjacent to an activating group) is 1. The molecule has 0 aliphatic carbocycles. The quantitative estimate of drug-likeness (QED) is 0.789. The average molecular weight is 395 g/mol. The molecule has 0 atom stereocenters. The van der Waals surface area contributed by atoms with Crippen molar-refractivity contribution in [3.05, 3.63) is 53.6 Å². The fraction of sp³-hybridized carbons (Fsp3) is 0.391. The van der Waals surface area contributed by atoms with Gasteiger partial charge in [-0.2, -0.15) is 0 Å². The summed E-state index contributed by atoms with van der Waals surface area (Å²) >= 11 is 0. The van der Waals surface area contributed by atoms with Crippen LogP contribution in [0.4, 0.5) is 17.1 Å². The minimum Gasteiger partial charge on any atom is -0.369 e. The molecule has 0 bridgehead atoms. The van der Waals surface area contributed by atoms with Gasteiger partial charge in [0, 0.05) is 50.2 Å². The molecular weight excluding hydrogens is 364 g/mol. The van der Waals surface area contributed by atoms with Gasteiger partial charge in [-0.1, -0.05) is 19.1 Å². The number of amides is 2. The number of nitrogens with zero attached hydrogens (tertiary/aromatic N) is 2. The van der Waals surface area contributed by atoms with E-state index in [1.165, 1.54) is 12.6 Å². The summed E-state index contributed by atoms with van der Waals surface area (Å²) < 4.78 is 0. The first-order valence-corrected chi connectivity index (χ1v) is 10.2. The highest BCUT2D eigenvalue weighted by Gasteiger charge is 2.16. The normalized spacial score (nSPS) is 14.5. The Morgan fingerprint density at radius 2 is 1.66 bits per heavy atom. The molecule has 1 saturated heterocycles. The van der Waals surface area contributed by atoms with Crippen molar-refractivity contribution in [1.82, 2.24) is 4.90 Å². The Kier molecular flexibility index (Phi) is 6.88. The fourth-order valence-corrected chi connectivity index (χ4v) is 3.60. The predicted octanol–water partition coefficient (Wildman–Crippen LogP) is 3.28. The molecule has 154 valence electrons. The Bertz CT molecular complexity index is 856.